The summed E-state index contributed by atoms with van der Waals surface area (Å²) in [5.74, 6) is -0.743. The zero-order valence-corrected chi connectivity index (χ0v) is 12.6. The minimum Gasteiger partial charge on any atom is -0.481 e. The van der Waals surface area contributed by atoms with Crippen molar-refractivity contribution in [1.29, 1.82) is 0 Å². The van der Waals surface area contributed by atoms with Gasteiger partial charge in [-0.05, 0) is 30.2 Å². The number of rotatable bonds is 4. The molecule has 120 valence electrons. The number of nitrogens with zero attached hydrogens (tertiary/aromatic N) is 3. The fourth-order valence-electron chi connectivity index (χ4n) is 3.78. The Labute approximate surface area is 128 Å². The van der Waals surface area contributed by atoms with Crippen molar-refractivity contribution < 1.29 is 19.8 Å². The number of carboxylic acid groups (broad SMARTS) is 1. The fraction of sp³-hybridized carbons (Fsp3) is 0.667. The third kappa shape index (κ3) is 2.85. The minimum absolute atomic E-state index is 0.259. The lowest BCUT2D eigenvalue weighted by Gasteiger charge is -2.21. The van der Waals surface area contributed by atoms with Gasteiger partial charge in [-0.2, -0.15) is 5.10 Å². The first-order valence-corrected chi connectivity index (χ1v) is 7.61. The van der Waals surface area contributed by atoms with E-state index in [9.17, 15) is 14.7 Å². The maximum absolute atomic E-state index is 12.3. The Morgan fingerprint density at radius 1 is 1.36 bits per heavy atom. The van der Waals surface area contributed by atoms with E-state index in [1.807, 2.05) is 0 Å². The van der Waals surface area contributed by atoms with Gasteiger partial charge in [0.15, 0.2) is 0 Å². The van der Waals surface area contributed by atoms with Crippen molar-refractivity contribution in [1.82, 2.24) is 14.7 Å². The molecule has 2 heterocycles. The second-order valence-electron chi connectivity index (χ2n) is 6.51. The number of hydrogen-bond acceptors (Lipinski definition) is 4. The van der Waals surface area contributed by atoms with Crippen LogP contribution in [-0.4, -0.2) is 56.0 Å². The minimum atomic E-state index is -1.06. The quantitative estimate of drug-likeness (QED) is 0.809. The molecule has 1 aliphatic carbocycles. The highest BCUT2D eigenvalue weighted by Gasteiger charge is 2.45. The van der Waals surface area contributed by atoms with E-state index in [-0.39, 0.29) is 30.1 Å². The molecule has 1 aliphatic heterocycles. The summed E-state index contributed by atoms with van der Waals surface area (Å²) in [6.45, 7) is 1.13. The molecule has 0 aromatic carbocycles. The molecule has 7 nitrogen and oxygen atoms in total. The number of aryl methyl sites for hydroxylation is 1. The number of carbonyl (C=O) groups excluding carboxylic acids is 1. The van der Waals surface area contributed by atoms with Crippen LogP contribution in [0.1, 0.15) is 18.4 Å². The average molecular weight is 307 g/mol. The predicted octanol–water partition coefficient (Wildman–Crippen LogP) is -0.107. The van der Waals surface area contributed by atoms with Crippen LogP contribution in [0.2, 0.25) is 0 Å². The molecule has 1 aromatic rings. The third-order valence-electron chi connectivity index (χ3n) is 4.88. The van der Waals surface area contributed by atoms with Gasteiger partial charge in [0.05, 0.1) is 12.1 Å². The number of hydrogen-bond donors (Lipinski definition) is 2. The van der Waals surface area contributed by atoms with E-state index in [0.717, 1.165) is 5.56 Å². The first kappa shape index (κ1) is 15.0. The van der Waals surface area contributed by atoms with E-state index in [2.05, 4.69) is 5.10 Å². The number of amides is 1. The summed E-state index contributed by atoms with van der Waals surface area (Å²) < 4.78 is 1.64. The van der Waals surface area contributed by atoms with Gasteiger partial charge in [0.2, 0.25) is 0 Å². The van der Waals surface area contributed by atoms with Crippen molar-refractivity contribution >= 4 is 11.9 Å². The number of aromatic nitrogens is 2. The molecule has 2 fully saturated rings. The number of carboxylic acids is 1. The zero-order chi connectivity index (χ0) is 15.9. The highest BCUT2D eigenvalue weighted by molar-refractivity contribution is 5.81. The standard InChI is InChI=1S/C15H21N3O4/c1-17-6-9(5-16-17)2-13(19)14(20)18-7-11-3-10(15(21)22)4-12(11)8-18/h5-6,10-13,19H,2-4,7-8H2,1H3,(H,21,22)/t10?,11-,12+,13?. The molecule has 1 amide bonds. The molecule has 3 rings (SSSR count). The molecule has 1 aromatic heterocycles. The van der Waals surface area contributed by atoms with Gasteiger partial charge in [0.1, 0.15) is 6.10 Å². The first-order chi connectivity index (χ1) is 10.4. The normalized spacial score (nSPS) is 28.6. The van der Waals surface area contributed by atoms with E-state index >= 15 is 0 Å². The number of aliphatic hydroxyl groups is 1. The van der Waals surface area contributed by atoms with Crippen molar-refractivity contribution in [3.05, 3.63) is 18.0 Å². The Morgan fingerprint density at radius 3 is 2.50 bits per heavy atom. The molecule has 4 atom stereocenters. The Hall–Kier alpha value is -1.89. The van der Waals surface area contributed by atoms with E-state index in [1.165, 1.54) is 0 Å². The van der Waals surface area contributed by atoms with Crippen LogP contribution in [-0.2, 0) is 23.1 Å². The fourth-order valence-corrected chi connectivity index (χ4v) is 3.78. The van der Waals surface area contributed by atoms with E-state index in [0.29, 0.717) is 25.9 Å². The Balaban J connectivity index is 1.55. The van der Waals surface area contributed by atoms with E-state index in [4.69, 9.17) is 5.11 Å². The summed E-state index contributed by atoms with van der Waals surface area (Å²) in [5, 5.41) is 23.2. The second kappa shape index (κ2) is 5.72. The van der Waals surface area contributed by atoms with Crippen LogP contribution in [0, 0.1) is 17.8 Å². The largest absolute Gasteiger partial charge is 0.481 e. The molecule has 0 spiro atoms. The van der Waals surface area contributed by atoms with Crippen molar-refractivity contribution in [3.8, 4) is 0 Å². The number of aliphatic carboxylic acids is 1. The number of carbonyl (C=O) groups is 2. The van der Waals surface area contributed by atoms with Crippen molar-refractivity contribution in [2.24, 2.45) is 24.8 Å². The molecular weight excluding hydrogens is 286 g/mol. The molecule has 2 unspecified atom stereocenters. The Morgan fingerprint density at radius 2 is 2.00 bits per heavy atom. The van der Waals surface area contributed by atoms with Crippen LogP contribution in [0.5, 0.6) is 0 Å². The molecule has 22 heavy (non-hydrogen) atoms. The van der Waals surface area contributed by atoms with Gasteiger partial charge in [-0.1, -0.05) is 0 Å². The van der Waals surface area contributed by atoms with Crippen molar-refractivity contribution in [2.45, 2.75) is 25.4 Å². The highest BCUT2D eigenvalue weighted by atomic mass is 16.4. The molecule has 0 bridgehead atoms. The van der Waals surface area contributed by atoms with Gasteiger partial charge in [-0.25, -0.2) is 0 Å². The Kier molecular flexibility index (Phi) is 3.90. The molecule has 2 N–H and O–H groups in total. The van der Waals surface area contributed by atoms with Crippen LogP contribution >= 0.6 is 0 Å². The lowest BCUT2D eigenvalue weighted by atomic mass is 10.0. The van der Waals surface area contributed by atoms with Crippen LogP contribution in [0.15, 0.2) is 12.4 Å². The summed E-state index contributed by atoms with van der Waals surface area (Å²) in [4.78, 5) is 25.1. The molecule has 1 saturated heterocycles. The molecule has 7 heteroatoms. The average Bonchev–Trinajstić information content (AvgIpc) is 3.11. The summed E-state index contributed by atoms with van der Waals surface area (Å²) >= 11 is 0. The smallest absolute Gasteiger partial charge is 0.306 e. The lowest BCUT2D eigenvalue weighted by molar-refractivity contribution is -0.141. The highest BCUT2D eigenvalue weighted by Crippen LogP contribution is 2.41. The van der Waals surface area contributed by atoms with E-state index in [1.54, 1.807) is 29.0 Å². The summed E-state index contributed by atoms with van der Waals surface area (Å²) in [6.07, 6.45) is 3.92. The van der Waals surface area contributed by atoms with Crippen LogP contribution in [0.4, 0.5) is 0 Å². The number of aliphatic hydroxyl groups excluding tert-OH is 1. The topological polar surface area (TPSA) is 95.7 Å². The SMILES string of the molecule is Cn1cc(CC(O)C(=O)N2C[C@H]3CC(C(=O)O)C[C@H]3C2)cn1. The van der Waals surface area contributed by atoms with E-state index < -0.39 is 12.1 Å². The van der Waals surface area contributed by atoms with Gasteiger partial charge in [0.25, 0.3) is 5.91 Å². The maximum Gasteiger partial charge on any atom is 0.306 e. The first-order valence-electron chi connectivity index (χ1n) is 7.61. The molecule has 1 saturated carbocycles. The van der Waals surface area contributed by atoms with Crippen molar-refractivity contribution in [2.75, 3.05) is 13.1 Å². The summed E-state index contributed by atoms with van der Waals surface area (Å²) in [5.41, 5.74) is 0.827. The molecule has 0 radical (unpaired) electrons. The Bertz CT molecular complexity index is 571. The summed E-state index contributed by atoms with van der Waals surface area (Å²) in [6, 6.07) is 0. The van der Waals surface area contributed by atoms with Gasteiger partial charge >= 0.3 is 5.97 Å². The maximum atomic E-state index is 12.3. The lowest BCUT2D eigenvalue weighted by Crippen LogP contribution is -2.39. The molecule has 2 aliphatic rings. The second-order valence-corrected chi connectivity index (χ2v) is 6.51. The third-order valence-corrected chi connectivity index (χ3v) is 4.88. The van der Waals surface area contributed by atoms with Gasteiger partial charge in [0, 0.05) is 32.8 Å². The predicted molar refractivity (Wildman–Crippen MR) is 76.8 cm³/mol. The van der Waals surface area contributed by atoms with Gasteiger partial charge in [-0.15, -0.1) is 0 Å². The van der Waals surface area contributed by atoms with Crippen LogP contribution in [0.3, 0.4) is 0 Å². The van der Waals surface area contributed by atoms with Crippen LogP contribution in [0.25, 0.3) is 0 Å². The van der Waals surface area contributed by atoms with Gasteiger partial charge < -0.3 is 15.1 Å². The monoisotopic (exact) mass is 307 g/mol. The van der Waals surface area contributed by atoms with Gasteiger partial charge in [-0.3, -0.25) is 14.3 Å². The summed E-state index contributed by atoms with van der Waals surface area (Å²) in [7, 11) is 1.79. The number of likely N-dealkylation sites (tertiary alicyclic amines) is 1. The number of fused-ring (bicyclic) bond motifs is 1. The van der Waals surface area contributed by atoms with Crippen molar-refractivity contribution in [3.63, 3.8) is 0 Å². The van der Waals surface area contributed by atoms with Crippen LogP contribution < -0.4 is 0 Å². The zero-order valence-electron chi connectivity index (χ0n) is 12.6. The molecular formula is C15H21N3O4.